The molecule has 2 aromatic carbocycles. The molecule has 0 aliphatic carbocycles. The van der Waals surface area contributed by atoms with Crippen LogP contribution in [0.3, 0.4) is 0 Å². The number of fused-ring (bicyclic) bond motifs is 1. The predicted octanol–water partition coefficient (Wildman–Crippen LogP) is 1.32. The normalized spacial score (nSPS) is 12.8. The summed E-state index contributed by atoms with van der Waals surface area (Å²) in [6.07, 6.45) is 0. The van der Waals surface area contributed by atoms with Crippen LogP contribution in [0, 0.1) is 0 Å². The highest BCUT2D eigenvalue weighted by Gasteiger charge is 2.19. The summed E-state index contributed by atoms with van der Waals surface area (Å²) in [4.78, 5) is 12.1. The maximum absolute atomic E-state index is 12.3. The topological polar surface area (TPSA) is 117 Å². The largest absolute Gasteiger partial charge is 0.495 e. The van der Waals surface area contributed by atoms with Gasteiger partial charge in [0.1, 0.15) is 10.6 Å². The molecule has 0 saturated carbocycles. The van der Waals surface area contributed by atoms with E-state index in [0.717, 1.165) is 6.07 Å². The van der Waals surface area contributed by atoms with Crippen LogP contribution >= 0.6 is 0 Å². The van der Waals surface area contributed by atoms with Gasteiger partial charge in [-0.3, -0.25) is 4.79 Å². The van der Waals surface area contributed by atoms with Gasteiger partial charge in [0.05, 0.1) is 7.11 Å². The van der Waals surface area contributed by atoms with Crippen molar-refractivity contribution in [1.29, 1.82) is 0 Å². The molecule has 126 valence electrons. The van der Waals surface area contributed by atoms with Crippen molar-refractivity contribution in [1.82, 2.24) is 0 Å². The van der Waals surface area contributed by atoms with Crippen molar-refractivity contribution in [2.24, 2.45) is 5.14 Å². The Morgan fingerprint density at radius 2 is 1.92 bits per heavy atom. The third kappa shape index (κ3) is 3.12. The molecule has 1 aliphatic heterocycles. The molecule has 2 aromatic rings. The molecular formula is C15H14N2O6S. The molecule has 3 rings (SSSR count). The number of carbonyl (C=O) groups excluding carboxylic acids is 1. The third-order valence-electron chi connectivity index (χ3n) is 3.36. The van der Waals surface area contributed by atoms with Gasteiger partial charge in [0.15, 0.2) is 11.5 Å². The summed E-state index contributed by atoms with van der Waals surface area (Å²) in [5.41, 5.74) is 0.606. The van der Waals surface area contributed by atoms with E-state index in [2.05, 4.69) is 5.32 Å². The second kappa shape index (κ2) is 6.02. The zero-order valence-corrected chi connectivity index (χ0v) is 13.4. The average molecular weight is 350 g/mol. The van der Waals surface area contributed by atoms with E-state index in [1.165, 1.54) is 19.2 Å². The minimum atomic E-state index is -4.02. The number of nitrogens with two attached hydrogens (primary N) is 1. The highest BCUT2D eigenvalue weighted by molar-refractivity contribution is 7.89. The standard InChI is InChI=1S/C15H14N2O6S/c1-21-12-4-2-9(6-14(12)24(16,19)20)15(18)17-10-3-5-11-13(7-10)23-8-22-11/h2-7H,8H2,1H3,(H,17,18)(H2,16,19,20). The summed E-state index contributed by atoms with van der Waals surface area (Å²) >= 11 is 0. The van der Waals surface area contributed by atoms with E-state index in [1.54, 1.807) is 18.2 Å². The lowest BCUT2D eigenvalue weighted by molar-refractivity contribution is 0.102. The van der Waals surface area contributed by atoms with Crippen LogP contribution in [0.2, 0.25) is 0 Å². The quantitative estimate of drug-likeness (QED) is 0.859. The minimum Gasteiger partial charge on any atom is -0.495 e. The Hall–Kier alpha value is -2.78. The van der Waals surface area contributed by atoms with E-state index in [-0.39, 0.29) is 23.0 Å². The van der Waals surface area contributed by atoms with Crippen molar-refractivity contribution in [3.05, 3.63) is 42.0 Å². The van der Waals surface area contributed by atoms with E-state index in [9.17, 15) is 13.2 Å². The van der Waals surface area contributed by atoms with Gasteiger partial charge < -0.3 is 19.5 Å². The number of carbonyl (C=O) groups is 1. The van der Waals surface area contributed by atoms with Crippen molar-refractivity contribution < 1.29 is 27.4 Å². The molecule has 0 saturated heterocycles. The number of rotatable bonds is 4. The van der Waals surface area contributed by atoms with Gasteiger partial charge in [-0.1, -0.05) is 0 Å². The second-order valence-electron chi connectivity index (χ2n) is 4.93. The fraction of sp³-hybridized carbons (Fsp3) is 0.133. The SMILES string of the molecule is COc1ccc(C(=O)Nc2ccc3c(c2)OCO3)cc1S(N)(=O)=O. The van der Waals surface area contributed by atoms with E-state index in [0.29, 0.717) is 17.2 Å². The van der Waals surface area contributed by atoms with Crippen molar-refractivity contribution >= 4 is 21.6 Å². The molecule has 0 bridgehead atoms. The molecule has 1 aliphatic rings. The van der Waals surface area contributed by atoms with Crippen LogP contribution in [-0.4, -0.2) is 28.2 Å². The number of hydrogen-bond donors (Lipinski definition) is 2. The Morgan fingerprint density at radius 1 is 1.17 bits per heavy atom. The van der Waals surface area contributed by atoms with Gasteiger partial charge in [0.2, 0.25) is 16.8 Å². The van der Waals surface area contributed by atoms with Crippen LogP contribution in [0.1, 0.15) is 10.4 Å². The van der Waals surface area contributed by atoms with E-state index < -0.39 is 15.9 Å². The summed E-state index contributed by atoms with van der Waals surface area (Å²) in [5.74, 6) is 0.681. The Labute approximate surface area is 138 Å². The zero-order valence-electron chi connectivity index (χ0n) is 12.6. The van der Waals surface area contributed by atoms with Crippen LogP contribution in [0.25, 0.3) is 0 Å². The molecule has 1 heterocycles. The molecule has 1 amide bonds. The first kappa shape index (κ1) is 16.1. The molecule has 0 unspecified atom stereocenters. The number of benzene rings is 2. The summed E-state index contributed by atoms with van der Waals surface area (Å²) in [7, 11) is -2.71. The molecule has 0 atom stereocenters. The smallest absolute Gasteiger partial charge is 0.255 e. The summed E-state index contributed by atoms with van der Waals surface area (Å²) in [5, 5.41) is 7.80. The van der Waals surface area contributed by atoms with E-state index in [4.69, 9.17) is 19.3 Å². The second-order valence-corrected chi connectivity index (χ2v) is 6.46. The molecule has 3 N–H and O–H groups in total. The van der Waals surface area contributed by atoms with Gasteiger partial charge in [-0.15, -0.1) is 0 Å². The van der Waals surface area contributed by atoms with E-state index >= 15 is 0 Å². The fourth-order valence-corrected chi connectivity index (χ4v) is 2.94. The minimum absolute atomic E-state index is 0.0668. The van der Waals surface area contributed by atoms with Crippen LogP contribution in [0.4, 0.5) is 5.69 Å². The maximum atomic E-state index is 12.3. The molecule has 8 nitrogen and oxygen atoms in total. The van der Waals surface area contributed by atoms with Crippen molar-refractivity contribution in [2.45, 2.75) is 4.90 Å². The van der Waals surface area contributed by atoms with Crippen LogP contribution in [0.5, 0.6) is 17.2 Å². The lowest BCUT2D eigenvalue weighted by atomic mass is 10.2. The molecular weight excluding hydrogens is 336 g/mol. The van der Waals surface area contributed by atoms with E-state index in [1.807, 2.05) is 0 Å². The van der Waals surface area contributed by atoms with Gasteiger partial charge in [-0.05, 0) is 30.3 Å². The molecule has 24 heavy (non-hydrogen) atoms. The van der Waals surface area contributed by atoms with Gasteiger partial charge in [-0.25, -0.2) is 13.6 Å². The Balaban J connectivity index is 1.88. The molecule has 9 heteroatoms. The number of amides is 1. The highest BCUT2D eigenvalue weighted by Crippen LogP contribution is 2.34. The number of primary sulfonamides is 1. The Morgan fingerprint density at radius 3 is 2.62 bits per heavy atom. The van der Waals surface area contributed by atoms with Gasteiger partial charge >= 0.3 is 0 Å². The predicted molar refractivity (Wildman–Crippen MR) is 84.9 cm³/mol. The summed E-state index contributed by atoms with van der Waals surface area (Å²) < 4.78 is 38.6. The van der Waals surface area contributed by atoms with Crippen molar-refractivity contribution in [3.8, 4) is 17.2 Å². The number of sulfonamides is 1. The number of hydrogen-bond acceptors (Lipinski definition) is 6. The first-order valence-corrected chi connectivity index (χ1v) is 8.35. The lowest BCUT2D eigenvalue weighted by Gasteiger charge is -2.10. The van der Waals surface area contributed by atoms with Gasteiger partial charge in [0.25, 0.3) is 5.91 Å². The monoisotopic (exact) mass is 350 g/mol. The average Bonchev–Trinajstić information content (AvgIpc) is 3.01. The number of nitrogens with one attached hydrogen (secondary N) is 1. The number of ether oxygens (including phenoxy) is 3. The Bertz CT molecular complexity index is 910. The van der Waals surface area contributed by atoms with Crippen LogP contribution in [-0.2, 0) is 10.0 Å². The van der Waals surface area contributed by atoms with Crippen molar-refractivity contribution in [3.63, 3.8) is 0 Å². The number of methoxy groups -OCH3 is 1. The third-order valence-corrected chi connectivity index (χ3v) is 4.29. The fourth-order valence-electron chi connectivity index (χ4n) is 2.22. The lowest BCUT2D eigenvalue weighted by Crippen LogP contribution is -2.16. The number of anilines is 1. The van der Waals surface area contributed by atoms with Crippen LogP contribution < -0.4 is 24.7 Å². The van der Waals surface area contributed by atoms with Crippen LogP contribution in [0.15, 0.2) is 41.3 Å². The highest BCUT2D eigenvalue weighted by atomic mass is 32.2. The molecule has 0 spiro atoms. The van der Waals surface area contributed by atoms with Gasteiger partial charge in [-0.2, -0.15) is 0 Å². The summed E-state index contributed by atoms with van der Waals surface area (Å²) in [6.45, 7) is 0.128. The zero-order chi connectivity index (χ0) is 17.3. The Kier molecular flexibility index (Phi) is 4.04. The molecule has 0 aromatic heterocycles. The molecule has 0 radical (unpaired) electrons. The molecule has 0 fully saturated rings. The first-order chi connectivity index (χ1) is 11.4. The van der Waals surface area contributed by atoms with Crippen molar-refractivity contribution in [2.75, 3.05) is 19.2 Å². The van der Waals surface area contributed by atoms with Gasteiger partial charge in [0, 0.05) is 17.3 Å². The maximum Gasteiger partial charge on any atom is 0.255 e. The first-order valence-electron chi connectivity index (χ1n) is 6.80. The summed E-state index contributed by atoms with van der Waals surface area (Å²) in [6, 6.07) is 8.90.